The standard InChI is InChI=1S/C24H27N7OS/c1-16-14-21(30-29-16)26-20-15-22(31-12-5-13-31)28-24(27-20)33-19-10-8-18(9-11-19)25-23(32)17-6-3-2-4-7-17/h2-4,6-11,14-15,21,24,26-27,29-30H,5,12-13H2,1H3,(H,25,32). The fourth-order valence-electron chi connectivity index (χ4n) is 3.66. The number of benzene rings is 2. The number of amidine groups is 1. The third kappa shape index (κ3) is 5.32. The first-order valence-electron chi connectivity index (χ1n) is 11.0. The Bertz CT molecular complexity index is 1090. The summed E-state index contributed by atoms with van der Waals surface area (Å²) >= 11 is 1.64. The van der Waals surface area contributed by atoms with Crippen LogP contribution in [-0.2, 0) is 0 Å². The van der Waals surface area contributed by atoms with Crippen LogP contribution in [0.15, 0.2) is 88.2 Å². The van der Waals surface area contributed by atoms with Crippen molar-refractivity contribution in [3.63, 3.8) is 0 Å². The second-order valence-electron chi connectivity index (χ2n) is 8.09. The predicted molar refractivity (Wildman–Crippen MR) is 132 cm³/mol. The maximum atomic E-state index is 12.4. The number of thioether (sulfide) groups is 1. The molecule has 0 radical (unpaired) electrons. The van der Waals surface area contributed by atoms with E-state index >= 15 is 0 Å². The summed E-state index contributed by atoms with van der Waals surface area (Å²) in [6, 6.07) is 17.1. The van der Waals surface area contributed by atoms with Crippen LogP contribution in [0, 0.1) is 0 Å². The number of aliphatic imine (C=N–C) groups is 1. The highest BCUT2D eigenvalue weighted by atomic mass is 32.2. The highest BCUT2D eigenvalue weighted by Gasteiger charge is 2.25. The van der Waals surface area contributed by atoms with Gasteiger partial charge in [-0.1, -0.05) is 30.0 Å². The molecule has 0 bridgehead atoms. The van der Waals surface area contributed by atoms with E-state index in [1.165, 1.54) is 6.42 Å². The summed E-state index contributed by atoms with van der Waals surface area (Å²) in [5, 5.41) is 9.89. The van der Waals surface area contributed by atoms with Crippen molar-refractivity contribution in [2.45, 2.75) is 29.9 Å². The number of hydrogen-bond donors (Lipinski definition) is 5. The zero-order valence-electron chi connectivity index (χ0n) is 18.3. The van der Waals surface area contributed by atoms with E-state index in [2.05, 4.69) is 43.9 Å². The summed E-state index contributed by atoms with van der Waals surface area (Å²) in [6.45, 7) is 4.10. The first-order chi connectivity index (χ1) is 16.1. The maximum absolute atomic E-state index is 12.4. The number of nitrogens with zero attached hydrogens (tertiary/aromatic N) is 2. The van der Waals surface area contributed by atoms with Gasteiger partial charge in [-0.05, 0) is 55.8 Å². The maximum Gasteiger partial charge on any atom is 0.255 e. The molecule has 0 spiro atoms. The van der Waals surface area contributed by atoms with Crippen LogP contribution >= 0.6 is 11.8 Å². The monoisotopic (exact) mass is 461 g/mol. The van der Waals surface area contributed by atoms with Gasteiger partial charge in [-0.2, -0.15) is 0 Å². The lowest BCUT2D eigenvalue weighted by atomic mass is 10.2. The highest BCUT2D eigenvalue weighted by Crippen LogP contribution is 2.27. The van der Waals surface area contributed by atoms with Crippen LogP contribution in [0.3, 0.4) is 0 Å². The summed E-state index contributed by atoms with van der Waals surface area (Å²) < 4.78 is 0. The smallest absolute Gasteiger partial charge is 0.255 e. The van der Waals surface area contributed by atoms with Crippen molar-refractivity contribution in [3.05, 3.63) is 83.8 Å². The van der Waals surface area contributed by atoms with Crippen LogP contribution < -0.4 is 26.8 Å². The van der Waals surface area contributed by atoms with Gasteiger partial charge in [0.25, 0.3) is 5.91 Å². The van der Waals surface area contributed by atoms with Crippen LogP contribution in [0.2, 0.25) is 0 Å². The van der Waals surface area contributed by atoms with Crippen LogP contribution in [0.1, 0.15) is 23.7 Å². The molecule has 0 aliphatic carbocycles. The Morgan fingerprint density at radius 1 is 1.12 bits per heavy atom. The van der Waals surface area contributed by atoms with E-state index < -0.39 is 0 Å². The fraction of sp³-hybridized carbons (Fsp3) is 0.250. The number of anilines is 1. The number of allylic oxidation sites excluding steroid dienone is 1. The number of carbonyl (C=O) groups excluding carboxylic acids is 1. The van der Waals surface area contributed by atoms with Gasteiger partial charge in [0, 0.05) is 41.0 Å². The summed E-state index contributed by atoms with van der Waals surface area (Å²) in [6.07, 6.45) is 5.38. The molecule has 2 aromatic carbocycles. The van der Waals surface area contributed by atoms with Crippen LogP contribution in [-0.4, -0.2) is 41.4 Å². The summed E-state index contributed by atoms with van der Waals surface area (Å²) in [5.74, 6) is 1.81. The third-order valence-corrected chi connectivity index (χ3v) is 6.52. The molecule has 3 aliphatic rings. The first-order valence-corrected chi connectivity index (χ1v) is 11.9. The molecule has 2 unspecified atom stereocenters. The van der Waals surface area contributed by atoms with Crippen molar-refractivity contribution in [3.8, 4) is 0 Å². The Hall–Kier alpha value is -3.43. The summed E-state index contributed by atoms with van der Waals surface area (Å²) in [5.41, 5.74) is 8.64. The van der Waals surface area contributed by atoms with E-state index in [-0.39, 0.29) is 17.6 Å². The van der Waals surface area contributed by atoms with Crippen LogP contribution in [0.4, 0.5) is 5.69 Å². The normalized spacial score (nSPS) is 21.6. The average Bonchev–Trinajstić information content (AvgIpc) is 3.19. The van der Waals surface area contributed by atoms with E-state index in [1.807, 2.05) is 49.4 Å². The Balaban J connectivity index is 1.23. The number of carbonyl (C=O) groups is 1. The molecular weight excluding hydrogens is 434 g/mol. The zero-order valence-corrected chi connectivity index (χ0v) is 19.2. The van der Waals surface area contributed by atoms with E-state index in [0.29, 0.717) is 5.56 Å². The van der Waals surface area contributed by atoms with Crippen molar-refractivity contribution >= 4 is 29.2 Å². The average molecular weight is 462 g/mol. The van der Waals surface area contributed by atoms with E-state index in [1.54, 1.807) is 23.9 Å². The van der Waals surface area contributed by atoms with Gasteiger partial charge in [0.2, 0.25) is 0 Å². The molecule has 0 aromatic heterocycles. The first kappa shape index (κ1) is 21.4. The molecular formula is C24H27N7OS. The number of nitrogens with one attached hydrogen (secondary N) is 5. The molecule has 8 nitrogen and oxygen atoms in total. The van der Waals surface area contributed by atoms with Crippen molar-refractivity contribution in [1.82, 2.24) is 26.4 Å². The molecule has 170 valence electrons. The molecule has 0 saturated carbocycles. The SMILES string of the molecule is CC1=CC(NC2=CC(N3CCC3)=NC(Sc3ccc(NC(=O)c4ccccc4)cc3)N2)NN1. The molecule has 3 aliphatic heterocycles. The topological polar surface area (TPSA) is 92.8 Å². The number of hydrazine groups is 1. The largest absolute Gasteiger partial charge is 0.357 e. The number of hydrogen-bond acceptors (Lipinski definition) is 8. The lowest BCUT2D eigenvalue weighted by molar-refractivity contribution is 0.102. The van der Waals surface area contributed by atoms with Gasteiger partial charge in [0.05, 0.1) is 0 Å². The third-order valence-electron chi connectivity index (χ3n) is 5.53. The van der Waals surface area contributed by atoms with Crippen LogP contribution in [0.25, 0.3) is 0 Å². The van der Waals surface area contributed by atoms with Gasteiger partial charge >= 0.3 is 0 Å². The molecule has 3 heterocycles. The number of likely N-dealkylation sites (tertiary alicyclic amines) is 1. The van der Waals surface area contributed by atoms with Gasteiger partial charge in [0.15, 0.2) is 5.50 Å². The summed E-state index contributed by atoms with van der Waals surface area (Å²) in [7, 11) is 0. The van der Waals surface area contributed by atoms with Gasteiger partial charge in [0.1, 0.15) is 17.8 Å². The van der Waals surface area contributed by atoms with Gasteiger partial charge in [-0.3, -0.25) is 4.79 Å². The molecule has 1 amide bonds. The van der Waals surface area contributed by atoms with Gasteiger partial charge < -0.3 is 26.3 Å². The Morgan fingerprint density at radius 2 is 1.91 bits per heavy atom. The molecule has 2 aromatic rings. The summed E-state index contributed by atoms with van der Waals surface area (Å²) in [4.78, 5) is 20.6. The molecule has 9 heteroatoms. The Kier molecular flexibility index (Phi) is 6.23. The van der Waals surface area contributed by atoms with Crippen molar-refractivity contribution in [2.75, 3.05) is 18.4 Å². The molecule has 2 atom stereocenters. The van der Waals surface area contributed by atoms with E-state index in [4.69, 9.17) is 4.99 Å². The van der Waals surface area contributed by atoms with Crippen LogP contribution in [0.5, 0.6) is 0 Å². The minimum absolute atomic E-state index is 0.0117. The Labute approximate surface area is 197 Å². The van der Waals surface area contributed by atoms with Gasteiger partial charge in [-0.15, -0.1) is 0 Å². The predicted octanol–water partition coefficient (Wildman–Crippen LogP) is 2.79. The Morgan fingerprint density at radius 3 is 2.58 bits per heavy atom. The molecule has 5 N–H and O–H groups in total. The molecule has 1 fully saturated rings. The van der Waals surface area contributed by atoms with Crippen molar-refractivity contribution in [1.29, 1.82) is 0 Å². The quantitative estimate of drug-likeness (QED) is 0.452. The lowest BCUT2D eigenvalue weighted by Gasteiger charge is -2.36. The molecule has 5 rings (SSSR count). The fourth-order valence-corrected chi connectivity index (χ4v) is 4.56. The number of amides is 1. The number of rotatable bonds is 6. The van der Waals surface area contributed by atoms with E-state index in [0.717, 1.165) is 41.0 Å². The zero-order chi connectivity index (χ0) is 22.6. The lowest BCUT2D eigenvalue weighted by Crippen LogP contribution is -2.49. The van der Waals surface area contributed by atoms with Crippen molar-refractivity contribution < 1.29 is 4.79 Å². The highest BCUT2D eigenvalue weighted by molar-refractivity contribution is 7.99. The van der Waals surface area contributed by atoms with Crippen molar-refractivity contribution in [2.24, 2.45) is 4.99 Å². The molecule has 1 saturated heterocycles. The van der Waals surface area contributed by atoms with Gasteiger partial charge in [-0.25, -0.2) is 10.4 Å². The minimum atomic E-state index is -0.155. The second-order valence-corrected chi connectivity index (χ2v) is 9.24. The molecule has 33 heavy (non-hydrogen) atoms. The minimum Gasteiger partial charge on any atom is -0.357 e. The van der Waals surface area contributed by atoms with E-state index in [9.17, 15) is 4.79 Å². The second kappa shape index (κ2) is 9.60.